The van der Waals surface area contributed by atoms with Crippen molar-refractivity contribution in [3.63, 3.8) is 0 Å². The molecule has 3 heterocycles. The minimum atomic E-state index is -0.797. The number of hydrogen-bond donors (Lipinski definition) is 5. The second-order valence-electron chi connectivity index (χ2n) is 5.17. The van der Waals surface area contributed by atoms with E-state index in [-0.39, 0.29) is 19.0 Å². The summed E-state index contributed by atoms with van der Waals surface area (Å²) in [6.07, 6.45) is -0.134. The Morgan fingerprint density at radius 1 is 1.61 bits per heavy atom. The number of anilines is 1. The highest BCUT2D eigenvalue weighted by Gasteiger charge is 2.35. The number of aromatic amines is 1. The molecule has 3 rings (SSSR count). The summed E-state index contributed by atoms with van der Waals surface area (Å²) >= 11 is 4.03. The lowest BCUT2D eigenvalue weighted by Crippen LogP contribution is -2.24. The monoisotopic (exact) mass is 336 g/mol. The summed E-state index contributed by atoms with van der Waals surface area (Å²) in [5, 5.41) is 19.4. The number of H-pyrrole nitrogens is 1. The highest BCUT2D eigenvalue weighted by Crippen LogP contribution is 2.32. The van der Waals surface area contributed by atoms with Gasteiger partial charge in [-0.2, -0.15) is 17.6 Å². The molecule has 0 bridgehead atoms. The van der Waals surface area contributed by atoms with E-state index >= 15 is 0 Å². The van der Waals surface area contributed by atoms with Crippen LogP contribution in [0.2, 0.25) is 0 Å². The van der Waals surface area contributed by atoms with Gasteiger partial charge in [0.1, 0.15) is 12.3 Å². The van der Waals surface area contributed by atoms with Crippen molar-refractivity contribution in [3.05, 3.63) is 22.1 Å². The Labute approximate surface area is 136 Å². The van der Waals surface area contributed by atoms with Crippen LogP contribution in [0.3, 0.4) is 0 Å². The van der Waals surface area contributed by atoms with Gasteiger partial charge >= 0.3 is 0 Å². The molecule has 1 aliphatic rings. The number of nitrogen functional groups attached to an aromatic ring is 1. The first-order chi connectivity index (χ1) is 11.0. The van der Waals surface area contributed by atoms with E-state index < -0.39 is 24.0 Å². The molecule has 0 spiro atoms. The number of nitrogens with zero attached hydrogens (tertiary/aromatic N) is 2. The lowest BCUT2D eigenvalue weighted by molar-refractivity contribution is -0.0430. The maximum atomic E-state index is 12.2. The summed E-state index contributed by atoms with van der Waals surface area (Å²) in [5.74, 6) is 5.98. The number of thiol groups is 1. The van der Waals surface area contributed by atoms with Gasteiger partial charge < -0.3 is 25.3 Å². The van der Waals surface area contributed by atoms with Crippen molar-refractivity contribution in [1.82, 2.24) is 14.5 Å². The number of aliphatic hydroxyl groups excluding tert-OH is 2. The van der Waals surface area contributed by atoms with Crippen LogP contribution in [-0.4, -0.2) is 49.3 Å². The van der Waals surface area contributed by atoms with Gasteiger partial charge in [0.15, 0.2) is 5.65 Å². The minimum absolute atomic E-state index is 0.0205. The second kappa shape index (κ2) is 6.25. The van der Waals surface area contributed by atoms with Crippen molar-refractivity contribution in [3.8, 4) is 11.8 Å². The maximum Gasteiger partial charge on any atom is 0.263 e. The quantitative estimate of drug-likeness (QED) is 0.362. The molecule has 1 fully saturated rings. The van der Waals surface area contributed by atoms with Crippen LogP contribution in [0.1, 0.15) is 18.2 Å². The molecule has 2 aromatic rings. The van der Waals surface area contributed by atoms with Crippen molar-refractivity contribution in [2.75, 3.05) is 18.1 Å². The fourth-order valence-electron chi connectivity index (χ4n) is 2.67. The number of nitrogens with one attached hydrogen (secondary N) is 1. The van der Waals surface area contributed by atoms with Crippen LogP contribution < -0.4 is 11.3 Å². The Balaban J connectivity index is 2.16. The van der Waals surface area contributed by atoms with Gasteiger partial charge in [-0.05, 0) is 0 Å². The van der Waals surface area contributed by atoms with Crippen LogP contribution >= 0.6 is 12.6 Å². The van der Waals surface area contributed by atoms with E-state index in [0.717, 1.165) is 0 Å². The van der Waals surface area contributed by atoms with Crippen molar-refractivity contribution in [2.45, 2.75) is 24.9 Å². The van der Waals surface area contributed by atoms with Crippen LogP contribution in [0.5, 0.6) is 0 Å². The Kier molecular flexibility index (Phi) is 4.32. The van der Waals surface area contributed by atoms with Crippen LogP contribution in [0.25, 0.3) is 11.0 Å². The molecule has 5 N–H and O–H groups in total. The molecule has 0 aromatic carbocycles. The van der Waals surface area contributed by atoms with Gasteiger partial charge in [0.25, 0.3) is 5.56 Å². The average molecular weight is 336 g/mol. The standard InChI is InChI=1S/C14H16N4O4S/c15-14-16-12-11(13(21)17-14)7(2-1-3-23)5-18(12)10-4-8(20)9(6-19)22-10/h5,8-10,19-20,23H,3-4,6H2,(H3,15,16,17,21)/t8-,9+,10+/m0/s1. The van der Waals surface area contributed by atoms with E-state index in [1.54, 1.807) is 10.8 Å². The van der Waals surface area contributed by atoms with E-state index in [9.17, 15) is 15.0 Å². The number of ether oxygens (including phenoxy) is 1. The first-order valence-electron chi connectivity index (χ1n) is 6.99. The van der Waals surface area contributed by atoms with Crippen LogP contribution in [-0.2, 0) is 4.74 Å². The summed E-state index contributed by atoms with van der Waals surface area (Å²) in [5.41, 5.74) is 6.03. The highest BCUT2D eigenvalue weighted by molar-refractivity contribution is 7.80. The van der Waals surface area contributed by atoms with Crippen LogP contribution in [0, 0.1) is 11.8 Å². The van der Waals surface area contributed by atoms with Gasteiger partial charge in [0, 0.05) is 12.6 Å². The first-order valence-corrected chi connectivity index (χ1v) is 7.62. The Morgan fingerprint density at radius 2 is 2.39 bits per heavy atom. The number of fused-ring (bicyclic) bond motifs is 1. The predicted molar refractivity (Wildman–Crippen MR) is 87.1 cm³/mol. The molecule has 1 aliphatic heterocycles. The summed E-state index contributed by atoms with van der Waals surface area (Å²) in [6.45, 7) is -0.292. The molecule has 23 heavy (non-hydrogen) atoms. The van der Waals surface area contributed by atoms with Gasteiger partial charge in [-0.15, -0.1) is 0 Å². The van der Waals surface area contributed by atoms with Crippen molar-refractivity contribution < 1.29 is 14.9 Å². The van der Waals surface area contributed by atoms with Crippen LogP contribution in [0.4, 0.5) is 5.95 Å². The molecule has 1 saturated heterocycles. The Bertz CT molecular complexity index is 850. The van der Waals surface area contributed by atoms with Crippen LogP contribution in [0.15, 0.2) is 11.0 Å². The number of hydrogen-bond acceptors (Lipinski definition) is 7. The Morgan fingerprint density at radius 3 is 3.04 bits per heavy atom. The molecular weight excluding hydrogens is 320 g/mol. The molecule has 2 aromatic heterocycles. The molecule has 0 aliphatic carbocycles. The van der Waals surface area contributed by atoms with Crippen molar-refractivity contribution in [2.24, 2.45) is 0 Å². The SMILES string of the molecule is Nc1nc2c(c(C#CCS)cn2[C@H]2C[C@H](O)[C@@H](CO)O2)c(=O)[nH]1. The zero-order valence-electron chi connectivity index (χ0n) is 12.1. The Hall–Kier alpha value is -1.99. The molecule has 3 atom stereocenters. The van der Waals surface area contributed by atoms with Gasteiger partial charge in [0.2, 0.25) is 5.95 Å². The molecule has 122 valence electrons. The number of aromatic nitrogens is 3. The second-order valence-corrected chi connectivity index (χ2v) is 5.49. The smallest absolute Gasteiger partial charge is 0.263 e. The van der Waals surface area contributed by atoms with Gasteiger partial charge in [-0.1, -0.05) is 11.8 Å². The summed E-state index contributed by atoms with van der Waals surface area (Å²) in [4.78, 5) is 18.8. The van der Waals surface area contributed by atoms with Gasteiger partial charge in [-0.25, -0.2) is 0 Å². The van der Waals surface area contributed by atoms with Crippen molar-refractivity contribution in [1.29, 1.82) is 0 Å². The normalized spacial score (nSPS) is 23.9. The van der Waals surface area contributed by atoms with E-state index in [1.807, 2.05) is 0 Å². The topological polar surface area (TPSA) is 126 Å². The number of rotatable bonds is 2. The lowest BCUT2D eigenvalue weighted by Gasteiger charge is -2.14. The lowest BCUT2D eigenvalue weighted by atomic mass is 10.2. The van der Waals surface area contributed by atoms with E-state index in [2.05, 4.69) is 34.4 Å². The van der Waals surface area contributed by atoms with E-state index in [4.69, 9.17) is 10.5 Å². The fourth-order valence-corrected chi connectivity index (χ4v) is 2.75. The van der Waals surface area contributed by atoms with E-state index in [1.165, 1.54) is 0 Å². The maximum absolute atomic E-state index is 12.2. The first kappa shape index (κ1) is 15.9. The predicted octanol–water partition coefficient (Wildman–Crippen LogP) is -0.771. The third-order valence-corrected chi connectivity index (χ3v) is 3.86. The number of aliphatic hydroxyl groups is 2. The van der Waals surface area contributed by atoms with Crippen molar-refractivity contribution >= 4 is 29.6 Å². The molecule has 8 nitrogen and oxygen atoms in total. The summed E-state index contributed by atoms with van der Waals surface area (Å²) in [6, 6.07) is 0. The van der Waals surface area contributed by atoms with Gasteiger partial charge in [0.05, 0.1) is 29.4 Å². The average Bonchev–Trinajstić information content (AvgIpc) is 3.05. The molecule has 0 radical (unpaired) electrons. The third kappa shape index (κ3) is 2.82. The largest absolute Gasteiger partial charge is 0.394 e. The zero-order chi connectivity index (χ0) is 16.6. The zero-order valence-corrected chi connectivity index (χ0v) is 13.0. The fraction of sp³-hybridized carbons (Fsp3) is 0.429. The molecule has 0 amide bonds. The molecule has 9 heteroatoms. The summed E-state index contributed by atoms with van der Waals surface area (Å²) in [7, 11) is 0. The number of nitrogens with two attached hydrogens (primary N) is 1. The molecule has 0 saturated carbocycles. The van der Waals surface area contributed by atoms with Gasteiger partial charge in [-0.3, -0.25) is 9.78 Å². The third-order valence-electron chi connectivity index (χ3n) is 3.70. The highest BCUT2D eigenvalue weighted by atomic mass is 32.1. The molecular formula is C14H16N4O4S. The molecule has 0 unspecified atom stereocenters. The minimum Gasteiger partial charge on any atom is -0.394 e. The van der Waals surface area contributed by atoms with E-state index in [0.29, 0.717) is 22.3 Å². The summed E-state index contributed by atoms with van der Waals surface area (Å²) < 4.78 is 7.23.